The van der Waals surface area contributed by atoms with E-state index in [9.17, 15) is 26.8 Å². The highest BCUT2D eigenvalue weighted by Gasteiger charge is 2.41. The minimum absolute atomic E-state index is 0.0493. The molecule has 4 unspecified atom stereocenters. The number of halogens is 2. The monoisotopic (exact) mass is 541 g/mol. The van der Waals surface area contributed by atoms with Crippen molar-refractivity contribution in [2.75, 3.05) is 19.8 Å². The van der Waals surface area contributed by atoms with Crippen LogP contribution < -0.4 is 5.32 Å². The molecule has 4 aliphatic rings. The normalized spacial score (nSPS) is 30.3. The lowest BCUT2D eigenvalue weighted by atomic mass is 9.84. The minimum atomic E-state index is -3.24. The lowest BCUT2D eigenvalue weighted by molar-refractivity contribution is -0.145. The van der Waals surface area contributed by atoms with Crippen LogP contribution in [0.1, 0.15) is 45.4 Å². The topological polar surface area (TPSA) is 123 Å². The molecule has 0 aromatic heterocycles. The van der Waals surface area contributed by atoms with Crippen molar-refractivity contribution in [3.05, 3.63) is 23.8 Å². The van der Waals surface area contributed by atoms with Crippen LogP contribution in [0.2, 0.25) is 0 Å². The van der Waals surface area contributed by atoms with E-state index >= 15 is 0 Å². The average Bonchev–Trinajstić information content (AvgIpc) is 3.69. The molecule has 1 aliphatic heterocycles. The number of hydrogen-bond acceptors (Lipinski definition) is 8. The molecule has 12 heteroatoms. The van der Waals surface area contributed by atoms with Gasteiger partial charge in [0.15, 0.2) is 16.4 Å². The maximum Gasteiger partial charge on any atom is 0.344 e. The summed E-state index contributed by atoms with van der Waals surface area (Å²) in [5, 5.41) is 1.92. The maximum atomic E-state index is 13.8. The van der Waals surface area contributed by atoms with Gasteiger partial charge in [-0.3, -0.25) is 9.79 Å². The first-order chi connectivity index (χ1) is 17.7. The van der Waals surface area contributed by atoms with Gasteiger partial charge in [-0.05, 0) is 56.9 Å². The third-order valence-corrected chi connectivity index (χ3v) is 9.63. The zero-order valence-corrected chi connectivity index (χ0v) is 21.5. The Kier molecular flexibility index (Phi) is 8.76. The number of alkyl halides is 2. The highest BCUT2D eigenvalue weighted by Crippen LogP contribution is 2.39. The second-order valence-electron chi connectivity index (χ2n) is 9.86. The number of rotatable bonds is 10. The first-order valence-corrected chi connectivity index (χ1v) is 14.3. The van der Waals surface area contributed by atoms with Crippen LogP contribution >= 0.6 is 0 Å². The van der Waals surface area contributed by atoms with Crippen LogP contribution in [0.25, 0.3) is 0 Å². The number of hydrogen-bond donors (Lipinski definition) is 1. The van der Waals surface area contributed by atoms with E-state index in [-0.39, 0.29) is 68.4 Å². The summed E-state index contributed by atoms with van der Waals surface area (Å²) in [6.07, 6.45) is 4.59. The Bertz CT molecular complexity index is 1090. The lowest BCUT2D eigenvalue weighted by Crippen LogP contribution is -2.42. The number of nitrogens with zero attached hydrogens (tertiary/aromatic N) is 2. The Morgan fingerprint density at radius 3 is 2.51 bits per heavy atom. The van der Waals surface area contributed by atoms with E-state index in [2.05, 4.69) is 15.3 Å². The van der Waals surface area contributed by atoms with Gasteiger partial charge in [-0.2, -0.15) is 0 Å². The van der Waals surface area contributed by atoms with Gasteiger partial charge in [0.05, 0.1) is 35.8 Å². The van der Waals surface area contributed by atoms with Crippen molar-refractivity contribution in [1.82, 2.24) is 5.32 Å². The average molecular weight is 542 g/mol. The fourth-order valence-corrected chi connectivity index (χ4v) is 6.85. The Balaban J connectivity index is 1.38. The van der Waals surface area contributed by atoms with Gasteiger partial charge in [0, 0.05) is 0 Å². The molecule has 9 nitrogen and oxygen atoms in total. The quantitative estimate of drug-likeness (QED) is 0.424. The number of carbonyl (C=O) groups is 2. The van der Waals surface area contributed by atoms with Gasteiger partial charge in [0.2, 0.25) is 11.8 Å². The van der Waals surface area contributed by atoms with Crippen LogP contribution in [0, 0.1) is 11.8 Å². The van der Waals surface area contributed by atoms with Gasteiger partial charge in [-0.15, -0.1) is 0 Å². The van der Waals surface area contributed by atoms with Gasteiger partial charge in [-0.1, -0.05) is 18.2 Å². The predicted molar refractivity (Wildman–Crippen MR) is 134 cm³/mol. The van der Waals surface area contributed by atoms with E-state index in [1.54, 1.807) is 25.2 Å². The number of sulfone groups is 1. The van der Waals surface area contributed by atoms with Crippen LogP contribution in [-0.2, 0) is 28.9 Å². The van der Waals surface area contributed by atoms with E-state index in [0.717, 1.165) is 0 Å². The van der Waals surface area contributed by atoms with Gasteiger partial charge >= 0.3 is 5.97 Å². The Labute approximate surface area is 215 Å². The summed E-state index contributed by atoms with van der Waals surface area (Å²) in [4.78, 5) is 33.1. The van der Waals surface area contributed by atoms with Gasteiger partial charge in [0.25, 0.3) is 0 Å². The number of carbonyl (C=O) groups excluding carboxylic acids is 2. The molecule has 2 fully saturated rings. The standard InChI is InChI=1S/C25H33F2N3O6S/c1-2-35-24(31)14-36-23-13-28-22(12-29-23)30-25(32)19(9-15-10-20(26)21(27)11-15)16-3-5-17(6-4-16)37(33,34)18-7-8-18/h3-5,13,15,17-22H,2,6-12,14H2,1H3,(H,30,32)/t15?,17?,19?,20-,21+,22?. The smallest absolute Gasteiger partial charge is 0.344 e. The molecule has 204 valence electrons. The molecule has 1 N–H and O–H groups in total. The summed E-state index contributed by atoms with van der Waals surface area (Å²) in [7, 11) is -3.24. The molecule has 3 aliphatic carbocycles. The van der Waals surface area contributed by atoms with Crippen LogP contribution in [0.15, 0.2) is 33.8 Å². The predicted octanol–water partition coefficient (Wildman–Crippen LogP) is 2.42. The van der Waals surface area contributed by atoms with Gasteiger partial charge in [0.1, 0.15) is 18.5 Å². The van der Waals surface area contributed by atoms with E-state index in [1.807, 2.05) is 0 Å². The molecule has 1 amide bonds. The molecule has 4 rings (SSSR count). The Morgan fingerprint density at radius 1 is 1.22 bits per heavy atom. The number of esters is 1. The highest BCUT2D eigenvalue weighted by atomic mass is 32.2. The van der Waals surface area contributed by atoms with Crippen molar-refractivity contribution in [2.24, 2.45) is 21.8 Å². The first-order valence-electron chi connectivity index (χ1n) is 12.7. The third kappa shape index (κ3) is 7.03. The van der Waals surface area contributed by atoms with Crippen molar-refractivity contribution in [1.29, 1.82) is 0 Å². The minimum Gasteiger partial charge on any atom is -0.465 e. The summed E-state index contributed by atoms with van der Waals surface area (Å²) in [5.74, 6) is -1.77. The highest BCUT2D eigenvalue weighted by molar-refractivity contribution is 7.93. The number of nitrogens with one attached hydrogen (secondary N) is 1. The third-order valence-electron chi connectivity index (χ3n) is 7.03. The Hall–Kier alpha value is -2.63. The molecule has 6 atom stereocenters. The molecular weight excluding hydrogens is 508 g/mol. The molecule has 0 spiro atoms. The largest absolute Gasteiger partial charge is 0.465 e. The van der Waals surface area contributed by atoms with E-state index in [0.29, 0.717) is 18.4 Å². The lowest BCUT2D eigenvalue weighted by Gasteiger charge is -2.26. The number of ether oxygens (including phenoxy) is 2. The van der Waals surface area contributed by atoms with Crippen LogP contribution in [0.5, 0.6) is 0 Å². The molecule has 0 saturated heterocycles. The maximum absolute atomic E-state index is 13.8. The van der Waals surface area contributed by atoms with Crippen molar-refractivity contribution >= 4 is 33.8 Å². The van der Waals surface area contributed by atoms with Crippen molar-refractivity contribution < 1.29 is 36.3 Å². The number of amides is 1. The van der Waals surface area contributed by atoms with E-state index < -0.39 is 45.5 Å². The Morgan fingerprint density at radius 2 is 1.95 bits per heavy atom. The van der Waals surface area contributed by atoms with Crippen molar-refractivity contribution in [2.45, 2.75) is 74.5 Å². The zero-order chi connectivity index (χ0) is 26.6. The summed E-state index contributed by atoms with van der Waals surface area (Å²) in [6, 6.07) is 0. The second kappa shape index (κ2) is 11.8. The zero-order valence-electron chi connectivity index (χ0n) is 20.7. The van der Waals surface area contributed by atoms with Crippen LogP contribution in [0.4, 0.5) is 8.78 Å². The molecule has 0 bridgehead atoms. The van der Waals surface area contributed by atoms with Crippen LogP contribution in [0.3, 0.4) is 0 Å². The fraction of sp³-hybridized carbons (Fsp3) is 0.680. The summed E-state index contributed by atoms with van der Waals surface area (Å²) in [5.41, 5.74) is 0.638. The van der Waals surface area contributed by atoms with Crippen molar-refractivity contribution in [3.63, 3.8) is 0 Å². The summed E-state index contributed by atoms with van der Waals surface area (Å²) in [6.45, 7) is 1.71. The molecule has 2 saturated carbocycles. The SMILES string of the molecule is CCOC(=O)COC1=NCC(NC(=O)C(CC2C[C@@H](F)[C@@H](F)C2)C2=CCC(S(=O)(=O)C3CC3)C=C2)N=C1. The second-order valence-corrected chi connectivity index (χ2v) is 12.3. The molecular formula is C25H33F2N3O6S. The van der Waals surface area contributed by atoms with Crippen molar-refractivity contribution in [3.8, 4) is 0 Å². The molecule has 0 radical (unpaired) electrons. The van der Waals surface area contributed by atoms with E-state index in [1.165, 1.54) is 6.21 Å². The molecule has 37 heavy (non-hydrogen) atoms. The fourth-order valence-electron chi connectivity index (χ4n) is 4.90. The molecule has 1 heterocycles. The van der Waals surface area contributed by atoms with Crippen LogP contribution in [-0.4, -0.2) is 81.2 Å². The molecule has 0 aromatic carbocycles. The first kappa shape index (κ1) is 27.4. The van der Waals surface area contributed by atoms with Gasteiger partial charge < -0.3 is 14.8 Å². The van der Waals surface area contributed by atoms with Gasteiger partial charge in [-0.25, -0.2) is 27.0 Å². The summed E-state index contributed by atoms with van der Waals surface area (Å²) < 4.78 is 62.9. The number of aliphatic imine (C=N–C) groups is 2. The molecule has 0 aromatic rings. The van der Waals surface area contributed by atoms with E-state index in [4.69, 9.17) is 9.47 Å². The summed E-state index contributed by atoms with van der Waals surface area (Å²) >= 11 is 0. The number of allylic oxidation sites excluding steroid dienone is 2.